The smallest absolute Gasteiger partial charge is 0.230 e. The van der Waals surface area contributed by atoms with E-state index in [-0.39, 0.29) is 40.8 Å². The molecule has 1 aliphatic carbocycles. The fraction of sp³-hybridized carbons (Fsp3) is 0.364. The summed E-state index contributed by atoms with van der Waals surface area (Å²) in [4.78, 5) is 26.7. The second kappa shape index (κ2) is 7.63. The van der Waals surface area contributed by atoms with E-state index in [4.69, 9.17) is 0 Å². The molecule has 6 nitrogen and oxygen atoms in total. The Morgan fingerprint density at radius 2 is 1.83 bits per heavy atom. The topological polar surface area (TPSA) is 83.6 Å². The first kappa shape index (κ1) is 19.6. The molecule has 0 spiro atoms. The molecule has 4 rings (SSSR count). The molecule has 0 saturated heterocycles. The Hall–Kier alpha value is -2.67. The molecule has 1 atom stereocenters. The number of amides is 2. The van der Waals surface area contributed by atoms with E-state index in [2.05, 4.69) is 5.32 Å². The molecule has 152 valence electrons. The lowest BCUT2D eigenvalue weighted by Gasteiger charge is -2.22. The van der Waals surface area contributed by atoms with Gasteiger partial charge in [0.05, 0.1) is 10.6 Å². The van der Waals surface area contributed by atoms with Gasteiger partial charge in [0, 0.05) is 29.8 Å². The zero-order valence-corrected chi connectivity index (χ0v) is 17.1. The summed E-state index contributed by atoms with van der Waals surface area (Å²) in [6, 6.07) is 13.9. The number of nitrogens with zero attached hydrogens (tertiary/aromatic N) is 1. The van der Waals surface area contributed by atoms with Gasteiger partial charge in [-0.05, 0) is 62.1 Å². The van der Waals surface area contributed by atoms with Gasteiger partial charge in [-0.2, -0.15) is 0 Å². The van der Waals surface area contributed by atoms with Crippen LogP contribution < -0.4 is 10.2 Å². The number of benzene rings is 2. The minimum absolute atomic E-state index is 0.0349. The van der Waals surface area contributed by atoms with Gasteiger partial charge in [-0.3, -0.25) is 9.59 Å². The van der Waals surface area contributed by atoms with Gasteiger partial charge in [-0.1, -0.05) is 18.2 Å². The highest BCUT2D eigenvalue weighted by Crippen LogP contribution is 2.39. The van der Waals surface area contributed by atoms with E-state index in [9.17, 15) is 18.0 Å². The van der Waals surface area contributed by atoms with Gasteiger partial charge in [0.25, 0.3) is 0 Å². The summed E-state index contributed by atoms with van der Waals surface area (Å²) in [5.41, 5.74) is 2.33. The van der Waals surface area contributed by atoms with Crippen molar-refractivity contribution in [2.75, 3.05) is 16.0 Å². The van der Waals surface area contributed by atoms with Crippen LogP contribution in [0.2, 0.25) is 0 Å². The Morgan fingerprint density at radius 3 is 2.52 bits per heavy atom. The molecule has 1 fully saturated rings. The summed E-state index contributed by atoms with van der Waals surface area (Å²) in [5, 5.41) is 2.70. The van der Waals surface area contributed by atoms with Crippen LogP contribution in [0.5, 0.6) is 0 Å². The Kier molecular flexibility index (Phi) is 5.17. The van der Waals surface area contributed by atoms with Crippen molar-refractivity contribution in [2.24, 2.45) is 5.92 Å². The van der Waals surface area contributed by atoms with Crippen LogP contribution in [0.15, 0.2) is 53.4 Å². The highest BCUT2D eigenvalue weighted by atomic mass is 32.2. The Morgan fingerprint density at radius 1 is 1.10 bits per heavy atom. The number of para-hydroxylation sites is 1. The van der Waals surface area contributed by atoms with Crippen molar-refractivity contribution in [2.45, 2.75) is 43.5 Å². The third-order valence-corrected chi connectivity index (χ3v) is 7.16. The lowest BCUT2D eigenvalue weighted by Crippen LogP contribution is -2.36. The van der Waals surface area contributed by atoms with Crippen LogP contribution >= 0.6 is 0 Å². The van der Waals surface area contributed by atoms with E-state index in [1.807, 2.05) is 17.9 Å². The predicted molar refractivity (Wildman–Crippen MR) is 112 cm³/mol. The lowest BCUT2D eigenvalue weighted by molar-refractivity contribution is -0.120. The number of fused-ring (bicyclic) bond motifs is 1. The molecule has 0 aromatic heterocycles. The van der Waals surface area contributed by atoms with E-state index in [1.54, 1.807) is 42.5 Å². The number of sulfone groups is 1. The van der Waals surface area contributed by atoms with E-state index in [0.29, 0.717) is 12.1 Å². The quantitative estimate of drug-likeness (QED) is 0.790. The Balaban J connectivity index is 1.45. The molecule has 29 heavy (non-hydrogen) atoms. The first-order chi connectivity index (χ1) is 13.8. The summed E-state index contributed by atoms with van der Waals surface area (Å²) >= 11 is 0. The molecule has 1 aliphatic heterocycles. The highest BCUT2D eigenvalue weighted by molar-refractivity contribution is 7.91. The number of hydrogen-bond acceptors (Lipinski definition) is 4. The van der Waals surface area contributed by atoms with Gasteiger partial charge < -0.3 is 10.2 Å². The van der Waals surface area contributed by atoms with Crippen molar-refractivity contribution in [1.29, 1.82) is 0 Å². The van der Waals surface area contributed by atoms with Crippen LogP contribution in [0.1, 0.15) is 31.7 Å². The Labute approximate surface area is 170 Å². The molecule has 0 bridgehead atoms. The molecule has 2 amide bonds. The largest absolute Gasteiger partial charge is 0.326 e. The van der Waals surface area contributed by atoms with Crippen molar-refractivity contribution < 1.29 is 18.0 Å². The molecular formula is C22H24N2O4S. The monoisotopic (exact) mass is 412 g/mol. The van der Waals surface area contributed by atoms with Crippen LogP contribution in [0.4, 0.5) is 11.4 Å². The Bertz CT molecular complexity index is 1050. The summed E-state index contributed by atoms with van der Waals surface area (Å²) in [6.07, 6.45) is 2.41. The minimum Gasteiger partial charge on any atom is -0.326 e. The van der Waals surface area contributed by atoms with E-state index in [1.165, 1.54) is 0 Å². The molecule has 2 aliphatic rings. The molecule has 2 aromatic rings. The normalized spacial score (nSPS) is 18.4. The number of rotatable bonds is 6. The standard InChI is InChI=1S/C22H24N2O4S/c1-15-13-17-14-19(9-10-20(17)24(15)22(26)16-7-8-16)29(27,28)12-11-21(25)23-18-5-3-2-4-6-18/h2-6,9-10,14-16H,7-8,11-13H2,1H3,(H,23,25)/t15-/m0/s1. The second-order valence-corrected chi connectivity index (χ2v) is 9.92. The molecule has 0 radical (unpaired) electrons. The van der Waals surface area contributed by atoms with Crippen LogP contribution in [0, 0.1) is 5.92 Å². The number of carbonyl (C=O) groups is 2. The zero-order valence-electron chi connectivity index (χ0n) is 16.3. The summed E-state index contributed by atoms with van der Waals surface area (Å²) < 4.78 is 25.5. The third kappa shape index (κ3) is 4.19. The van der Waals surface area contributed by atoms with Gasteiger partial charge in [0.1, 0.15) is 0 Å². The third-order valence-electron chi connectivity index (χ3n) is 5.45. The maximum atomic E-state index is 12.7. The van der Waals surface area contributed by atoms with Gasteiger partial charge >= 0.3 is 0 Å². The minimum atomic E-state index is -3.59. The highest BCUT2D eigenvalue weighted by Gasteiger charge is 2.39. The van der Waals surface area contributed by atoms with E-state index in [0.717, 1.165) is 24.1 Å². The maximum absolute atomic E-state index is 12.7. The molecule has 7 heteroatoms. The maximum Gasteiger partial charge on any atom is 0.230 e. The molecular weight excluding hydrogens is 388 g/mol. The average molecular weight is 413 g/mol. The van der Waals surface area contributed by atoms with Crippen molar-refractivity contribution >= 4 is 33.0 Å². The first-order valence-electron chi connectivity index (χ1n) is 9.89. The van der Waals surface area contributed by atoms with Crippen molar-refractivity contribution in [3.63, 3.8) is 0 Å². The van der Waals surface area contributed by atoms with Crippen LogP contribution in [0.25, 0.3) is 0 Å². The summed E-state index contributed by atoms with van der Waals surface area (Å²) in [7, 11) is -3.59. The summed E-state index contributed by atoms with van der Waals surface area (Å²) in [6.45, 7) is 1.99. The zero-order chi connectivity index (χ0) is 20.6. The number of nitrogens with one attached hydrogen (secondary N) is 1. The molecule has 1 saturated carbocycles. The predicted octanol–water partition coefficient (Wildman–Crippen LogP) is 3.18. The van der Waals surface area contributed by atoms with Crippen molar-refractivity contribution in [3.8, 4) is 0 Å². The van der Waals surface area contributed by atoms with Crippen LogP contribution in [-0.4, -0.2) is 32.0 Å². The van der Waals surface area contributed by atoms with E-state index >= 15 is 0 Å². The average Bonchev–Trinajstić information content (AvgIpc) is 3.49. The van der Waals surface area contributed by atoms with Crippen molar-refractivity contribution in [3.05, 3.63) is 54.1 Å². The van der Waals surface area contributed by atoms with Gasteiger partial charge in [-0.15, -0.1) is 0 Å². The first-order valence-corrected chi connectivity index (χ1v) is 11.5. The van der Waals surface area contributed by atoms with Crippen LogP contribution in [0.3, 0.4) is 0 Å². The number of anilines is 2. The van der Waals surface area contributed by atoms with Crippen LogP contribution in [-0.2, 0) is 25.8 Å². The lowest BCUT2D eigenvalue weighted by atomic mass is 10.1. The summed E-state index contributed by atoms with van der Waals surface area (Å²) in [5.74, 6) is -0.333. The van der Waals surface area contributed by atoms with Gasteiger partial charge in [0.15, 0.2) is 9.84 Å². The van der Waals surface area contributed by atoms with Crippen molar-refractivity contribution in [1.82, 2.24) is 0 Å². The fourth-order valence-corrected chi connectivity index (χ4v) is 5.04. The SMILES string of the molecule is C[C@H]1Cc2cc(S(=O)(=O)CCC(=O)Nc3ccccc3)ccc2N1C(=O)C1CC1. The van der Waals surface area contributed by atoms with Gasteiger partial charge in [0.2, 0.25) is 11.8 Å². The molecule has 0 unspecified atom stereocenters. The molecule has 2 aromatic carbocycles. The second-order valence-electron chi connectivity index (χ2n) is 7.81. The number of carbonyl (C=O) groups excluding carboxylic acids is 2. The molecule has 1 N–H and O–H groups in total. The fourth-order valence-electron chi connectivity index (χ4n) is 3.75. The van der Waals surface area contributed by atoms with E-state index < -0.39 is 9.84 Å². The number of hydrogen-bond donors (Lipinski definition) is 1. The van der Waals surface area contributed by atoms with Gasteiger partial charge in [-0.25, -0.2) is 8.42 Å². The molecule has 1 heterocycles.